The zero-order chi connectivity index (χ0) is 17.9. The van der Waals surface area contributed by atoms with E-state index in [4.69, 9.17) is 14.3 Å². The summed E-state index contributed by atoms with van der Waals surface area (Å²) in [6.07, 6.45) is 5.31. The predicted octanol–water partition coefficient (Wildman–Crippen LogP) is 3.20. The molecule has 0 saturated heterocycles. The molecule has 140 valence electrons. The van der Waals surface area contributed by atoms with Crippen LogP contribution >= 0.6 is 0 Å². The van der Waals surface area contributed by atoms with Crippen molar-refractivity contribution in [3.8, 4) is 0 Å². The first-order valence-corrected chi connectivity index (χ1v) is 9.71. The molecule has 0 aromatic carbocycles. The lowest BCUT2D eigenvalue weighted by atomic mass is 9.51. The first-order valence-electron chi connectivity index (χ1n) is 9.71. The minimum absolute atomic E-state index is 0.323. The van der Waals surface area contributed by atoms with Crippen molar-refractivity contribution in [2.75, 3.05) is 13.2 Å². The Morgan fingerprint density at radius 1 is 1.44 bits per heavy atom. The average molecular weight is 348 g/mol. The van der Waals surface area contributed by atoms with Gasteiger partial charge in [0.2, 0.25) is 0 Å². The first kappa shape index (κ1) is 18.2. The summed E-state index contributed by atoms with van der Waals surface area (Å²) in [5.41, 5.74) is 1.30. The molecule has 1 heterocycles. The largest absolute Gasteiger partial charge is 0.378 e. The number of aliphatic imine (C=N–C) groups is 1. The topological polar surface area (TPSA) is 71.7 Å². The molecule has 2 fully saturated rings. The summed E-state index contributed by atoms with van der Waals surface area (Å²) >= 11 is 0. The third-order valence-electron chi connectivity index (χ3n) is 5.65. The maximum atomic E-state index is 5.94. The lowest BCUT2D eigenvalue weighted by molar-refractivity contribution is -0.168. The highest BCUT2D eigenvalue weighted by atomic mass is 16.5. The summed E-state index contributed by atoms with van der Waals surface area (Å²) in [6.45, 7) is 10.5. The van der Waals surface area contributed by atoms with E-state index in [9.17, 15) is 0 Å². The Labute approximate surface area is 150 Å². The van der Waals surface area contributed by atoms with Gasteiger partial charge in [-0.05, 0) is 39.0 Å². The second-order valence-electron chi connectivity index (χ2n) is 7.53. The van der Waals surface area contributed by atoms with Crippen LogP contribution in [-0.2, 0) is 11.3 Å². The van der Waals surface area contributed by atoms with E-state index in [1.807, 2.05) is 6.07 Å². The van der Waals surface area contributed by atoms with Crippen molar-refractivity contribution in [1.82, 2.24) is 15.8 Å². The number of rotatable bonds is 7. The fourth-order valence-electron chi connectivity index (χ4n) is 3.96. The van der Waals surface area contributed by atoms with Gasteiger partial charge in [-0.1, -0.05) is 25.4 Å². The Hall–Kier alpha value is -1.56. The number of nitrogens with zero attached hydrogens (tertiary/aromatic N) is 2. The van der Waals surface area contributed by atoms with Crippen LogP contribution in [0, 0.1) is 5.41 Å². The Balaban J connectivity index is 1.61. The van der Waals surface area contributed by atoms with E-state index in [0.29, 0.717) is 30.0 Å². The zero-order valence-electron chi connectivity index (χ0n) is 16.0. The molecular weight excluding hydrogens is 316 g/mol. The van der Waals surface area contributed by atoms with E-state index < -0.39 is 0 Å². The monoisotopic (exact) mass is 348 g/mol. The van der Waals surface area contributed by atoms with Gasteiger partial charge >= 0.3 is 0 Å². The molecule has 1 aromatic heterocycles. The van der Waals surface area contributed by atoms with Gasteiger partial charge in [0.15, 0.2) is 11.7 Å². The maximum absolute atomic E-state index is 5.94. The van der Waals surface area contributed by atoms with Gasteiger partial charge in [-0.15, -0.1) is 0 Å². The van der Waals surface area contributed by atoms with Crippen molar-refractivity contribution < 1.29 is 9.26 Å². The van der Waals surface area contributed by atoms with E-state index in [0.717, 1.165) is 37.0 Å². The lowest BCUT2D eigenvalue weighted by Gasteiger charge is -2.61. The van der Waals surface area contributed by atoms with Crippen molar-refractivity contribution in [3.05, 3.63) is 17.5 Å². The first-order chi connectivity index (χ1) is 12.1. The van der Waals surface area contributed by atoms with Gasteiger partial charge in [0.1, 0.15) is 6.54 Å². The number of aromatic nitrogens is 1. The third kappa shape index (κ3) is 3.68. The molecule has 0 amide bonds. The van der Waals surface area contributed by atoms with Crippen LogP contribution in [-0.4, -0.2) is 36.4 Å². The van der Waals surface area contributed by atoms with Gasteiger partial charge in [-0.3, -0.25) is 0 Å². The second-order valence-corrected chi connectivity index (χ2v) is 7.53. The molecule has 1 spiro atoms. The van der Waals surface area contributed by atoms with Gasteiger partial charge in [-0.25, -0.2) is 4.99 Å². The summed E-state index contributed by atoms with van der Waals surface area (Å²) in [6, 6.07) is 2.45. The van der Waals surface area contributed by atoms with Crippen LogP contribution in [0.25, 0.3) is 0 Å². The molecular formula is C19H32N4O2. The van der Waals surface area contributed by atoms with Gasteiger partial charge in [0.05, 0.1) is 11.8 Å². The summed E-state index contributed by atoms with van der Waals surface area (Å²) in [5.74, 6) is 2.04. The van der Waals surface area contributed by atoms with Gasteiger partial charge < -0.3 is 19.9 Å². The highest BCUT2D eigenvalue weighted by Gasteiger charge is 2.59. The SMILES string of the molecule is CCNC(=NCc1cc(C(C)C)no1)NC1CC(OCC)C12CCC2. The minimum atomic E-state index is 0.323. The van der Waals surface area contributed by atoms with E-state index in [1.165, 1.54) is 19.3 Å². The molecule has 2 atom stereocenters. The van der Waals surface area contributed by atoms with Gasteiger partial charge in [0.25, 0.3) is 0 Å². The Morgan fingerprint density at radius 2 is 2.24 bits per heavy atom. The average Bonchev–Trinajstić information content (AvgIpc) is 2.99. The van der Waals surface area contributed by atoms with Crippen LogP contribution in [0.5, 0.6) is 0 Å². The van der Waals surface area contributed by atoms with Crippen molar-refractivity contribution in [2.45, 2.75) is 78.0 Å². The Bertz CT molecular complexity index is 592. The van der Waals surface area contributed by atoms with E-state index in [2.05, 4.69) is 43.5 Å². The van der Waals surface area contributed by atoms with Crippen LogP contribution < -0.4 is 10.6 Å². The molecule has 6 heteroatoms. The van der Waals surface area contributed by atoms with Crippen molar-refractivity contribution in [2.24, 2.45) is 10.4 Å². The van der Waals surface area contributed by atoms with Crippen LogP contribution in [0.2, 0.25) is 0 Å². The van der Waals surface area contributed by atoms with E-state index >= 15 is 0 Å². The highest BCUT2D eigenvalue weighted by molar-refractivity contribution is 5.80. The van der Waals surface area contributed by atoms with Crippen molar-refractivity contribution >= 4 is 5.96 Å². The molecule has 0 bridgehead atoms. The number of guanidine groups is 1. The molecule has 25 heavy (non-hydrogen) atoms. The van der Waals surface area contributed by atoms with Crippen LogP contribution in [0.15, 0.2) is 15.6 Å². The molecule has 6 nitrogen and oxygen atoms in total. The number of hydrogen-bond acceptors (Lipinski definition) is 4. The summed E-state index contributed by atoms with van der Waals surface area (Å²) in [7, 11) is 0. The zero-order valence-corrected chi connectivity index (χ0v) is 16.0. The molecule has 2 saturated carbocycles. The molecule has 2 aliphatic rings. The van der Waals surface area contributed by atoms with Gasteiger partial charge in [0, 0.05) is 30.7 Å². The molecule has 0 radical (unpaired) electrons. The maximum Gasteiger partial charge on any atom is 0.191 e. The normalized spacial score (nSPS) is 24.9. The highest BCUT2D eigenvalue weighted by Crippen LogP contribution is 2.57. The molecule has 0 aliphatic heterocycles. The Morgan fingerprint density at radius 3 is 2.80 bits per heavy atom. The minimum Gasteiger partial charge on any atom is -0.378 e. The van der Waals surface area contributed by atoms with Crippen LogP contribution in [0.4, 0.5) is 0 Å². The number of hydrogen-bond donors (Lipinski definition) is 2. The van der Waals surface area contributed by atoms with Gasteiger partial charge in [-0.2, -0.15) is 0 Å². The summed E-state index contributed by atoms with van der Waals surface area (Å²) in [5, 5.41) is 11.1. The van der Waals surface area contributed by atoms with Crippen LogP contribution in [0.1, 0.15) is 70.8 Å². The number of ether oxygens (including phenoxy) is 1. The summed E-state index contributed by atoms with van der Waals surface area (Å²) < 4.78 is 11.3. The molecule has 1 aromatic rings. The summed E-state index contributed by atoms with van der Waals surface area (Å²) in [4.78, 5) is 4.69. The fraction of sp³-hybridized carbons (Fsp3) is 0.789. The van der Waals surface area contributed by atoms with E-state index in [-0.39, 0.29) is 0 Å². The lowest BCUT2D eigenvalue weighted by Crippen LogP contribution is -2.68. The molecule has 3 rings (SSSR count). The molecule has 2 N–H and O–H groups in total. The predicted molar refractivity (Wildman–Crippen MR) is 98.6 cm³/mol. The van der Waals surface area contributed by atoms with Crippen molar-refractivity contribution in [3.63, 3.8) is 0 Å². The second kappa shape index (κ2) is 7.77. The molecule has 2 aliphatic carbocycles. The van der Waals surface area contributed by atoms with Crippen molar-refractivity contribution in [1.29, 1.82) is 0 Å². The fourth-order valence-corrected chi connectivity index (χ4v) is 3.96. The molecule has 2 unspecified atom stereocenters. The smallest absolute Gasteiger partial charge is 0.191 e. The number of nitrogens with one attached hydrogen (secondary N) is 2. The Kier molecular flexibility index (Phi) is 5.67. The van der Waals surface area contributed by atoms with E-state index in [1.54, 1.807) is 0 Å². The quantitative estimate of drug-likeness (QED) is 0.585. The standard InChI is InChI=1S/C19H32N4O2/c1-5-20-18(21-12-14-10-15(13(3)4)23-25-14)22-16-11-17(24-6-2)19(16)8-7-9-19/h10,13,16-17H,5-9,11-12H2,1-4H3,(H2,20,21,22). The third-order valence-corrected chi connectivity index (χ3v) is 5.65. The van der Waals surface area contributed by atoms with Crippen LogP contribution in [0.3, 0.4) is 0 Å².